The van der Waals surface area contributed by atoms with Crippen LogP contribution in [0.25, 0.3) is 0 Å². The first kappa shape index (κ1) is 12.4. The van der Waals surface area contributed by atoms with Gasteiger partial charge in [-0.05, 0) is 44.4 Å². The lowest BCUT2D eigenvalue weighted by molar-refractivity contribution is 0.512. The van der Waals surface area contributed by atoms with Crippen LogP contribution in [0.2, 0.25) is 0 Å². The van der Waals surface area contributed by atoms with E-state index in [1.165, 1.54) is 43.6 Å². The molecule has 17 heavy (non-hydrogen) atoms. The van der Waals surface area contributed by atoms with Crippen LogP contribution >= 0.6 is 0 Å². The molecule has 2 rings (SSSR count). The average molecular weight is 232 g/mol. The van der Waals surface area contributed by atoms with Gasteiger partial charge in [-0.25, -0.2) is 0 Å². The highest BCUT2D eigenvalue weighted by atomic mass is 15.1. The first-order valence-corrected chi connectivity index (χ1v) is 6.87. The summed E-state index contributed by atoms with van der Waals surface area (Å²) in [6.07, 6.45) is 3.66. The molecule has 1 atom stereocenters. The Balaban J connectivity index is 1.81. The first-order valence-electron chi connectivity index (χ1n) is 6.87. The van der Waals surface area contributed by atoms with E-state index in [9.17, 15) is 0 Å². The lowest BCUT2D eigenvalue weighted by atomic mass is 10.2. The fraction of sp³-hybridized carbons (Fsp3) is 0.600. The van der Waals surface area contributed by atoms with Gasteiger partial charge in [0.05, 0.1) is 0 Å². The molecule has 1 unspecified atom stereocenters. The first-order chi connectivity index (χ1) is 8.31. The zero-order chi connectivity index (χ0) is 12.1. The summed E-state index contributed by atoms with van der Waals surface area (Å²) in [5, 5.41) is 3.55. The van der Waals surface area contributed by atoms with Crippen LogP contribution in [-0.2, 0) is 6.42 Å². The summed E-state index contributed by atoms with van der Waals surface area (Å²) >= 11 is 0. The number of fused-ring (bicyclic) bond motifs is 1. The molecule has 0 saturated carbocycles. The topological polar surface area (TPSA) is 15.3 Å². The van der Waals surface area contributed by atoms with Crippen LogP contribution in [0.1, 0.15) is 32.3 Å². The Labute approximate surface area is 105 Å². The molecule has 0 fully saturated rings. The van der Waals surface area contributed by atoms with Crippen molar-refractivity contribution in [3.63, 3.8) is 0 Å². The number of benzene rings is 1. The number of rotatable bonds is 6. The monoisotopic (exact) mass is 232 g/mol. The van der Waals surface area contributed by atoms with Gasteiger partial charge in [-0.2, -0.15) is 0 Å². The normalized spacial score (nSPS) is 16.0. The predicted molar refractivity (Wildman–Crippen MR) is 74.7 cm³/mol. The molecule has 0 aromatic heterocycles. The summed E-state index contributed by atoms with van der Waals surface area (Å²) in [6, 6.07) is 9.44. The SMILES string of the molecule is CCCNC(C)CCN1CCc2ccccc21. The maximum Gasteiger partial charge on any atom is 0.0399 e. The molecule has 1 aliphatic heterocycles. The van der Waals surface area contributed by atoms with Gasteiger partial charge in [0.1, 0.15) is 0 Å². The molecule has 0 bridgehead atoms. The van der Waals surface area contributed by atoms with Gasteiger partial charge in [-0.15, -0.1) is 0 Å². The molecule has 0 radical (unpaired) electrons. The number of hydrogen-bond donors (Lipinski definition) is 1. The van der Waals surface area contributed by atoms with Crippen molar-refractivity contribution in [3.05, 3.63) is 29.8 Å². The van der Waals surface area contributed by atoms with Crippen LogP contribution < -0.4 is 10.2 Å². The van der Waals surface area contributed by atoms with Crippen molar-refractivity contribution in [2.75, 3.05) is 24.5 Å². The molecule has 1 heterocycles. The number of nitrogens with zero attached hydrogens (tertiary/aromatic N) is 1. The van der Waals surface area contributed by atoms with Crippen molar-refractivity contribution in [2.24, 2.45) is 0 Å². The van der Waals surface area contributed by atoms with Crippen LogP contribution in [0.3, 0.4) is 0 Å². The number of anilines is 1. The summed E-state index contributed by atoms with van der Waals surface area (Å²) in [6.45, 7) is 8.01. The molecule has 0 saturated heterocycles. The van der Waals surface area contributed by atoms with Crippen LogP contribution in [-0.4, -0.2) is 25.7 Å². The molecule has 0 aliphatic carbocycles. The molecule has 0 spiro atoms. The Morgan fingerprint density at radius 2 is 2.18 bits per heavy atom. The van der Waals surface area contributed by atoms with Crippen molar-refractivity contribution in [3.8, 4) is 0 Å². The zero-order valence-electron chi connectivity index (χ0n) is 11.1. The van der Waals surface area contributed by atoms with Gasteiger partial charge in [0.2, 0.25) is 0 Å². The van der Waals surface area contributed by atoms with E-state index < -0.39 is 0 Å². The zero-order valence-corrected chi connectivity index (χ0v) is 11.1. The maximum absolute atomic E-state index is 3.55. The molecular weight excluding hydrogens is 208 g/mol. The Morgan fingerprint density at radius 1 is 1.35 bits per heavy atom. The third-order valence-electron chi connectivity index (χ3n) is 3.56. The molecule has 0 amide bonds. The van der Waals surface area contributed by atoms with E-state index in [4.69, 9.17) is 0 Å². The van der Waals surface area contributed by atoms with E-state index in [1.54, 1.807) is 0 Å². The van der Waals surface area contributed by atoms with Crippen molar-refractivity contribution in [1.29, 1.82) is 0 Å². The molecule has 94 valence electrons. The fourth-order valence-electron chi connectivity index (χ4n) is 2.48. The maximum atomic E-state index is 3.55. The van der Waals surface area contributed by atoms with E-state index in [0.717, 1.165) is 6.54 Å². The highest BCUT2D eigenvalue weighted by Gasteiger charge is 2.18. The number of para-hydroxylation sites is 1. The molecule has 2 heteroatoms. The van der Waals surface area contributed by atoms with Crippen molar-refractivity contribution in [1.82, 2.24) is 5.32 Å². The molecule has 1 aromatic rings. The van der Waals surface area contributed by atoms with Crippen LogP contribution in [0, 0.1) is 0 Å². The minimum absolute atomic E-state index is 0.628. The van der Waals surface area contributed by atoms with Gasteiger partial charge in [0.15, 0.2) is 0 Å². The van der Waals surface area contributed by atoms with Gasteiger partial charge in [-0.3, -0.25) is 0 Å². The Hall–Kier alpha value is -1.02. The van der Waals surface area contributed by atoms with Crippen LogP contribution in [0.15, 0.2) is 24.3 Å². The third kappa shape index (κ3) is 3.22. The minimum atomic E-state index is 0.628. The number of hydrogen-bond acceptors (Lipinski definition) is 2. The van der Waals surface area contributed by atoms with Crippen molar-refractivity contribution < 1.29 is 0 Å². The van der Waals surface area contributed by atoms with Gasteiger partial charge >= 0.3 is 0 Å². The van der Waals surface area contributed by atoms with Gasteiger partial charge in [0, 0.05) is 24.8 Å². The minimum Gasteiger partial charge on any atom is -0.371 e. The quantitative estimate of drug-likeness (QED) is 0.811. The largest absolute Gasteiger partial charge is 0.371 e. The summed E-state index contributed by atoms with van der Waals surface area (Å²) in [7, 11) is 0. The van der Waals surface area contributed by atoms with E-state index in [0.29, 0.717) is 6.04 Å². The van der Waals surface area contributed by atoms with Gasteiger partial charge < -0.3 is 10.2 Å². The second-order valence-electron chi connectivity index (χ2n) is 5.01. The van der Waals surface area contributed by atoms with Crippen molar-refractivity contribution >= 4 is 5.69 Å². The summed E-state index contributed by atoms with van der Waals surface area (Å²) in [5.74, 6) is 0. The standard InChI is InChI=1S/C15H24N2/c1-3-10-16-13(2)8-11-17-12-9-14-6-4-5-7-15(14)17/h4-7,13,16H,3,8-12H2,1-2H3. The van der Waals surface area contributed by atoms with E-state index in [1.807, 2.05) is 0 Å². The molecule has 1 aromatic carbocycles. The molecular formula is C15H24N2. The third-order valence-corrected chi connectivity index (χ3v) is 3.56. The fourth-order valence-corrected chi connectivity index (χ4v) is 2.48. The number of nitrogens with one attached hydrogen (secondary N) is 1. The van der Waals surface area contributed by atoms with E-state index in [-0.39, 0.29) is 0 Å². The molecule has 1 N–H and O–H groups in total. The smallest absolute Gasteiger partial charge is 0.0399 e. The summed E-state index contributed by atoms with van der Waals surface area (Å²) in [4.78, 5) is 2.53. The lowest BCUT2D eigenvalue weighted by Gasteiger charge is -2.22. The average Bonchev–Trinajstić information content (AvgIpc) is 2.77. The second-order valence-corrected chi connectivity index (χ2v) is 5.01. The van der Waals surface area contributed by atoms with E-state index in [2.05, 4.69) is 48.3 Å². The molecule has 1 aliphatic rings. The lowest BCUT2D eigenvalue weighted by Crippen LogP contribution is -2.32. The summed E-state index contributed by atoms with van der Waals surface area (Å²) < 4.78 is 0. The Bertz CT molecular complexity index is 349. The van der Waals surface area contributed by atoms with Gasteiger partial charge in [-0.1, -0.05) is 25.1 Å². The Kier molecular flexibility index (Phi) is 4.43. The highest BCUT2D eigenvalue weighted by molar-refractivity contribution is 5.57. The molecule has 2 nitrogen and oxygen atoms in total. The Morgan fingerprint density at radius 3 is 3.00 bits per heavy atom. The van der Waals surface area contributed by atoms with Gasteiger partial charge in [0.25, 0.3) is 0 Å². The summed E-state index contributed by atoms with van der Waals surface area (Å²) in [5.41, 5.74) is 2.97. The van der Waals surface area contributed by atoms with E-state index >= 15 is 0 Å². The van der Waals surface area contributed by atoms with Crippen LogP contribution in [0.4, 0.5) is 5.69 Å². The second kappa shape index (κ2) is 6.06. The van der Waals surface area contributed by atoms with Crippen molar-refractivity contribution in [2.45, 2.75) is 39.2 Å². The van der Waals surface area contributed by atoms with Crippen LogP contribution in [0.5, 0.6) is 0 Å². The predicted octanol–water partition coefficient (Wildman–Crippen LogP) is 2.83. The highest BCUT2D eigenvalue weighted by Crippen LogP contribution is 2.27.